The third-order valence-electron chi connectivity index (χ3n) is 2.28. The van der Waals surface area contributed by atoms with Crippen molar-refractivity contribution < 1.29 is 14.3 Å². The first-order valence-electron chi connectivity index (χ1n) is 4.82. The highest BCUT2D eigenvalue weighted by molar-refractivity contribution is 6.00. The van der Waals surface area contributed by atoms with Crippen LogP contribution < -0.4 is 4.74 Å². The van der Waals surface area contributed by atoms with Crippen LogP contribution in [0.1, 0.15) is 24.3 Å². The largest absolute Gasteiger partial charge is 0.493 e. The molecule has 1 rings (SSSR count). The summed E-state index contributed by atoms with van der Waals surface area (Å²) in [6.45, 7) is 4.25. The molecule has 0 N–H and O–H groups in total. The van der Waals surface area contributed by atoms with E-state index in [1.165, 1.54) is 14.2 Å². The van der Waals surface area contributed by atoms with Gasteiger partial charge in [-0.05, 0) is 13.8 Å². The molecular formula is C10H16N2O3. The smallest absolute Gasteiger partial charge is 0.213 e. The van der Waals surface area contributed by atoms with Gasteiger partial charge in [0.25, 0.3) is 0 Å². The molecule has 1 aromatic rings. The number of hydrogen-bond acceptors (Lipinski definition) is 4. The number of ether oxygens (including phenoxy) is 2. The molecule has 1 unspecified atom stereocenters. The molecule has 84 valence electrons. The van der Waals surface area contributed by atoms with Gasteiger partial charge in [-0.2, -0.15) is 5.10 Å². The molecule has 0 aliphatic rings. The van der Waals surface area contributed by atoms with Crippen molar-refractivity contribution in [2.24, 2.45) is 0 Å². The van der Waals surface area contributed by atoms with Gasteiger partial charge in [0.2, 0.25) is 5.78 Å². The molecule has 15 heavy (non-hydrogen) atoms. The van der Waals surface area contributed by atoms with Crippen molar-refractivity contribution in [2.75, 3.05) is 14.2 Å². The van der Waals surface area contributed by atoms with Crippen molar-refractivity contribution in [1.29, 1.82) is 0 Å². The minimum Gasteiger partial charge on any atom is -0.493 e. The molecule has 0 radical (unpaired) electrons. The lowest BCUT2D eigenvalue weighted by Crippen LogP contribution is -2.23. The van der Waals surface area contributed by atoms with E-state index in [1.54, 1.807) is 17.8 Å². The Hall–Kier alpha value is -1.36. The fourth-order valence-corrected chi connectivity index (χ4v) is 1.31. The minimum atomic E-state index is -0.485. The first-order valence-corrected chi connectivity index (χ1v) is 4.82. The molecule has 1 heterocycles. The molecule has 0 spiro atoms. The van der Waals surface area contributed by atoms with Crippen molar-refractivity contribution in [2.45, 2.75) is 26.5 Å². The van der Waals surface area contributed by atoms with Crippen molar-refractivity contribution in [3.8, 4) is 5.75 Å². The SMILES string of the molecule is CCn1ncc(OC)c1C(=O)C(C)OC. The van der Waals surface area contributed by atoms with Gasteiger partial charge in [0.15, 0.2) is 5.75 Å². The van der Waals surface area contributed by atoms with Gasteiger partial charge in [0.1, 0.15) is 11.8 Å². The predicted octanol–water partition coefficient (Wildman–Crippen LogP) is 1.13. The second-order valence-corrected chi connectivity index (χ2v) is 3.12. The topological polar surface area (TPSA) is 53.4 Å². The zero-order chi connectivity index (χ0) is 11.4. The van der Waals surface area contributed by atoms with Crippen molar-refractivity contribution in [1.82, 2.24) is 9.78 Å². The van der Waals surface area contributed by atoms with Gasteiger partial charge in [-0.15, -0.1) is 0 Å². The lowest BCUT2D eigenvalue weighted by atomic mass is 10.2. The maximum absolute atomic E-state index is 11.9. The molecule has 0 aliphatic heterocycles. The van der Waals surface area contributed by atoms with E-state index in [9.17, 15) is 4.79 Å². The molecule has 0 fully saturated rings. The van der Waals surface area contributed by atoms with Crippen molar-refractivity contribution in [3.63, 3.8) is 0 Å². The van der Waals surface area contributed by atoms with Crippen LogP contribution in [0.15, 0.2) is 6.20 Å². The second kappa shape index (κ2) is 4.93. The normalized spacial score (nSPS) is 12.5. The quantitative estimate of drug-likeness (QED) is 0.686. The van der Waals surface area contributed by atoms with Gasteiger partial charge in [-0.1, -0.05) is 0 Å². The van der Waals surface area contributed by atoms with E-state index >= 15 is 0 Å². The number of ketones is 1. The Morgan fingerprint density at radius 2 is 2.27 bits per heavy atom. The zero-order valence-electron chi connectivity index (χ0n) is 9.48. The first-order chi connectivity index (χ1) is 7.15. The van der Waals surface area contributed by atoms with Crippen LogP contribution in [-0.4, -0.2) is 35.9 Å². The third kappa shape index (κ3) is 2.18. The molecule has 0 bridgehead atoms. The van der Waals surface area contributed by atoms with Gasteiger partial charge in [0.05, 0.1) is 13.3 Å². The van der Waals surface area contributed by atoms with Crippen LogP contribution in [0.4, 0.5) is 0 Å². The van der Waals surface area contributed by atoms with Crippen LogP contribution in [0.2, 0.25) is 0 Å². The Bertz CT molecular complexity index is 325. The Labute approximate surface area is 89.0 Å². The average Bonchev–Trinajstić information content (AvgIpc) is 2.69. The molecule has 5 nitrogen and oxygen atoms in total. The monoisotopic (exact) mass is 212 g/mol. The fourth-order valence-electron chi connectivity index (χ4n) is 1.31. The summed E-state index contributed by atoms with van der Waals surface area (Å²) in [5.41, 5.74) is 0.467. The number of methoxy groups -OCH3 is 2. The Morgan fingerprint density at radius 1 is 1.60 bits per heavy atom. The summed E-state index contributed by atoms with van der Waals surface area (Å²) in [5, 5.41) is 4.06. The predicted molar refractivity (Wildman–Crippen MR) is 55.3 cm³/mol. The van der Waals surface area contributed by atoms with Gasteiger partial charge >= 0.3 is 0 Å². The summed E-state index contributed by atoms with van der Waals surface area (Å²) >= 11 is 0. The summed E-state index contributed by atoms with van der Waals surface area (Å²) in [7, 11) is 3.02. The van der Waals surface area contributed by atoms with Crippen LogP contribution in [0.25, 0.3) is 0 Å². The summed E-state index contributed by atoms with van der Waals surface area (Å²) in [4.78, 5) is 11.9. The molecule has 0 amide bonds. The molecule has 1 atom stereocenters. The number of carbonyl (C=O) groups excluding carboxylic acids is 1. The Morgan fingerprint density at radius 3 is 2.73 bits per heavy atom. The van der Waals surface area contributed by atoms with Crippen LogP contribution in [0, 0.1) is 0 Å². The molecule has 0 saturated carbocycles. The summed E-state index contributed by atoms with van der Waals surface area (Å²) < 4.78 is 11.7. The lowest BCUT2D eigenvalue weighted by molar-refractivity contribution is 0.0641. The highest BCUT2D eigenvalue weighted by Gasteiger charge is 2.23. The maximum atomic E-state index is 11.9. The summed E-state index contributed by atoms with van der Waals surface area (Å²) in [6.07, 6.45) is 1.06. The Kier molecular flexibility index (Phi) is 3.85. The molecule has 0 aromatic carbocycles. The number of aryl methyl sites for hydroxylation is 1. The van der Waals surface area contributed by atoms with E-state index in [0.29, 0.717) is 18.0 Å². The number of aromatic nitrogens is 2. The minimum absolute atomic E-state index is 0.117. The van der Waals surface area contributed by atoms with E-state index in [1.807, 2.05) is 6.92 Å². The fraction of sp³-hybridized carbons (Fsp3) is 0.600. The molecule has 0 saturated heterocycles. The second-order valence-electron chi connectivity index (χ2n) is 3.12. The van der Waals surface area contributed by atoms with E-state index < -0.39 is 6.10 Å². The summed E-state index contributed by atoms with van der Waals surface area (Å²) in [6, 6.07) is 0. The van der Waals surface area contributed by atoms with Crippen molar-refractivity contribution >= 4 is 5.78 Å². The number of hydrogen-bond donors (Lipinski definition) is 0. The van der Waals surface area contributed by atoms with Crippen LogP contribution >= 0.6 is 0 Å². The highest BCUT2D eigenvalue weighted by Crippen LogP contribution is 2.19. The zero-order valence-corrected chi connectivity index (χ0v) is 9.48. The van der Waals surface area contributed by atoms with Gasteiger partial charge < -0.3 is 9.47 Å². The van der Waals surface area contributed by atoms with E-state index in [4.69, 9.17) is 9.47 Å². The third-order valence-corrected chi connectivity index (χ3v) is 2.28. The van der Waals surface area contributed by atoms with Crippen molar-refractivity contribution in [3.05, 3.63) is 11.9 Å². The van der Waals surface area contributed by atoms with Gasteiger partial charge in [-0.25, -0.2) is 0 Å². The number of Topliss-reactive ketones (excluding diaryl/α,β-unsaturated/α-hetero) is 1. The van der Waals surface area contributed by atoms with Gasteiger partial charge in [-0.3, -0.25) is 9.48 Å². The summed E-state index contributed by atoms with van der Waals surface area (Å²) in [5.74, 6) is 0.374. The lowest BCUT2D eigenvalue weighted by Gasteiger charge is -2.10. The van der Waals surface area contributed by atoms with Crippen LogP contribution in [-0.2, 0) is 11.3 Å². The highest BCUT2D eigenvalue weighted by atomic mass is 16.5. The van der Waals surface area contributed by atoms with Crippen LogP contribution in [0.5, 0.6) is 5.75 Å². The number of carbonyl (C=O) groups is 1. The maximum Gasteiger partial charge on any atom is 0.213 e. The van der Waals surface area contributed by atoms with Crippen LogP contribution in [0.3, 0.4) is 0 Å². The average molecular weight is 212 g/mol. The van der Waals surface area contributed by atoms with E-state index in [0.717, 1.165) is 0 Å². The van der Waals surface area contributed by atoms with E-state index in [-0.39, 0.29) is 5.78 Å². The molecule has 5 heteroatoms. The van der Waals surface area contributed by atoms with Gasteiger partial charge in [0, 0.05) is 13.7 Å². The van der Waals surface area contributed by atoms with E-state index in [2.05, 4.69) is 5.10 Å². The standard InChI is InChI=1S/C10H16N2O3/c1-5-12-9(8(15-4)6-11-12)10(13)7(2)14-3/h6-7H,5H2,1-4H3. The molecular weight excluding hydrogens is 196 g/mol. The Balaban J connectivity index is 3.09. The number of nitrogens with zero attached hydrogens (tertiary/aromatic N) is 2. The molecule has 0 aliphatic carbocycles. The molecule has 1 aromatic heterocycles. The number of rotatable bonds is 5. The first kappa shape index (κ1) is 11.7.